The summed E-state index contributed by atoms with van der Waals surface area (Å²) < 4.78 is 0. The van der Waals surface area contributed by atoms with Crippen molar-refractivity contribution in [3.63, 3.8) is 0 Å². The van der Waals surface area contributed by atoms with Crippen LogP contribution in [0, 0.1) is 0 Å². The van der Waals surface area contributed by atoms with Crippen molar-refractivity contribution in [3.05, 3.63) is 16.6 Å². The monoisotopic (exact) mass is 199 g/mol. The third-order valence-corrected chi connectivity index (χ3v) is 2.58. The molecule has 74 valence electrons. The van der Waals surface area contributed by atoms with Gasteiger partial charge in [0, 0.05) is 11.4 Å². The Morgan fingerprint density at radius 3 is 3.08 bits per heavy atom. The number of nitrogens with one attached hydrogen (secondary N) is 1. The van der Waals surface area contributed by atoms with Gasteiger partial charge in [0.1, 0.15) is 0 Å². The number of nitrogens with two attached hydrogens (primary N) is 1. The van der Waals surface area contributed by atoms with Crippen LogP contribution in [0.3, 0.4) is 0 Å². The van der Waals surface area contributed by atoms with Gasteiger partial charge < -0.3 is 11.1 Å². The number of aromatic nitrogens is 1. The van der Waals surface area contributed by atoms with E-state index >= 15 is 0 Å². The van der Waals surface area contributed by atoms with E-state index in [-0.39, 0.29) is 0 Å². The quantitative estimate of drug-likeness (QED) is 0.683. The molecular formula is C9H17N3S. The lowest BCUT2D eigenvalue weighted by atomic mass is 10.2. The second-order valence-electron chi connectivity index (χ2n) is 3.08. The van der Waals surface area contributed by atoms with E-state index in [1.165, 1.54) is 0 Å². The van der Waals surface area contributed by atoms with E-state index in [2.05, 4.69) is 22.6 Å². The molecule has 3 N–H and O–H groups in total. The zero-order valence-electron chi connectivity index (χ0n) is 7.99. The van der Waals surface area contributed by atoms with Gasteiger partial charge in [0.15, 0.2) is 0 Å². The topological polar surface area (TPSA) is 50.9 Å². The van der Waals surface area contributed by atoms with E-state index in [0.717, 1.165) is 31.6 Å². The van der Waals surface area contributed by atoms with Crippen molar-refractivity contribution < 1.29 is 0 Å². The third kappa shape index (κ3) is 3.85. The van der Waals surface area contributed by atoms with Gasteiger partial charge in [-0.05, 0) is 32.9 Å². The van der Waals surface area contributed by atoms with E-state index in [9.17, 15) is 0 Å². The van der Waals surface area contributed by atoms with Crippen molar-refractivity contribution in [3.8, 4) is 0 Å². The summed E-state index contributed by atoms with van der Waals surface area (Å²) in [6.07, 6.45) is 2.24. The van der Waals surface area contributed by atoms with Gasteiger partial charge in [0.25, 0.3) is 0 Å². The summed E-state index contributed by atoms with van der Waals surface area (Å²) in [5, 5.41) is 5.49. The largest absolute Gasteiger partial charge is 0.330 e. The SMILES string of the molecule is CC(NCCCCN)c1cscn1. The molecule has 1 atom stereocenters. The first-order valence-corrected chi connectivity index (χ1v) is 5.60. The van der Waals surface area contributed by atoms with Crippen LogP contribution in [-0.4, -0.2) is 18.1 Å². The number of nitrogens with zero attached hydrogens (tertiary/aromatic N) is 1. The van der Waals surface area contributed by atoms with E-state index in [1.807, 2.05) is 5.51 Å². The second-order valence-corrected chi connectivity index (χ2v) is 3.80. The molecule has 4 heteroatoms. The molecule has 1 aromatic rings. The average molecular weight is 199 g/mol. The molecule has 1 heterocycles. The molecule has 0 bridgehead atoms. The lowest BCUT2D eigenvalue weighted by Crippen LogP contribution is -2.20. The molecule has 0 amide bonds. The Balaban J connectivity index is 2.15. The van der Waals surface area contributed by atoms with Gasteiger partial charge in [0.2, 0.25) is 0 Å². The number of hydrogen-bond donors (Lipinski definition) is 2. The molecule has 0 aliphatic carbocycles. The van der Waals surface area contributed by atoms with Crippen LogP contribution < -0.4 is 11.1 Å². The molecule has 0 saturated heterocycles. The summed E-state index contributed by atoms with van der Waals surface area (Å²) in [6, 6.07) is 0.365. The maximum atomic E-state index is 5.40. The normalized spacial score (nSPS) is 13.1. The highest BCUT2D eigenvalue weighted by Gasteiger charge is 2.04. The molecule has 0 aromatic carbocycles. The van der Waals surface area contributed by atoms with Crippen LogP contribution in [0.1, 0.15) is 31.5 Å². The summed E-state index contributed by atoms with van der Waals surface area (Å²) in [4.78, 5) is 4.25. The molecule has 13 heavy (non-hydrogen) atoms. The van der Waals surface area contributed by atoms with Crippen molar-refractivity contribution in [1.82, 2.24) is 10.3 Å². The van der Waals surface area contributed by atoms with Gasteiger partial charge in [-0.1, -0.05) is 0 Å². The summed E-state index contributed by atoms with van der Waals surface area (Å²) in [6.45, 7) is 3.94. The number of hydrogen-bond acceptors (Lipinski definition) is 4. The smallest absolute Gasteiger partial charge is 0.0795 e. The Labute approximate surface area is 83.4 Å². The fraction of sp³-hybridized carbons (Fsp3) is 0.667. The maximum Gasteiger partial charge on any atom is 0.0795 e. The molecule has 0 radical (unpaired) electrons. The van der Waals surface area contributed by atoms with E-state index in [0.29, 0.717) is 6.04 Å². The number of thiazole rings is 1. The van der Waals surface area contributed by atoms with Crippen LogP contribution in [0.5, 0.6) is 0 Å². The number of unbranched alkanes of at least 4 members (excludes halogenated alkanes) is 1. The van der Waals surface area contributed by atoms with Crippen molar-refractivity contribution in [2.45, 2.75) is 25.8 Å². The highest BCUT2D eigenvalue weighted by molar-refractivity contribution is 7.07. The first kappa shape index (κ1) is 10.6. The van der Waals surface area contributed by atoms with Crippen LogP contribution in [0.25, 0.3) is 0 Å². The van der Waals surface area contributed by atoms with Gasteiger partial charge in [0.05, 0.1) is 11.2 Å². The van der Waals surface area contributed by atoms with Gasteiger partial charge in [-0.25, -0.2) is 4.98 Å². The Hall–Kier alpha value is -0.450. The van der Waals surface area contributed by atoms with E-state index in [4.69, 9.17) is 5.73 Å². The molecule has 0 spiro atoms. The van der Waals surface area contributed by atoms with Gasteiger partial charge in [-0.3, -0.25) is 0 Å². The molecule has 0 saturated carbocycles. The fourth-order valence-corrected chi connectivity index (χ4v) is 1.78. The van der Waals surface area contributed by atoms with Crippen LogP contribution in [-0.2, 0) is 0 Å². The average Bonchev–Trinajstić information content (AvgIpc) is 2.65. The van der Waals surface area contributed by atoms with E-state index < -0.39 is 0 Å². The Morgan fingerprint density at radius 1 is 1.62 bits per heavy atom. The Bertz CT molecular complexity index is 211. The molecule has 3 nitrogen and oxygen atoms in total. The summed E-state index contributed by atoms with van der Waals surface area (Å²) in [5.41, 5.74) is 8.41. The van der Waals surface area contributed by atoms with Crippen LogP contribution in [0.15, 0.2) is 10.9 Å². The number of rotatable bonds is 6. The van der Waals surface area contributed by atoms with Crippen molar-refractivity contribution >= 4 is 11.3 Å². The van der Waals surface area contributed by atoms with Crippen LogP contribution in [0.4, 0.5) is 0 Å². The molecule has 0 aliphatic heterocycles. The Morgan fingerprint density at radius 2 is 2.46 bits per heavy atom. The summed E-state index contributed by atoms with van der Waals surface area (Å²) in [7, 11) is 0. The molecule has 1 aromatic heterocycles. The summed E-state index contributed by atoms with van der Waals surface area (Å²) >= 11 is 1.64. The highest BCUT2D eigenvalue weighted by Crippen LogP contribution is 2.11. The molecule has 0 aliphatic rings. The Kier molecular flexibility index (Phi) is 4.97. The zero-order valence-corrected chi connectivity index (χ0v) is 8.81. The predicted octanol–water partition coefficient (Wildman–Crippen LogP) is 1.53. The third-order valence-electron chi connectivity index (χ3n) is 1.98. The highest BCUT2D eigenvalue weighted by atomic mass is 32.1. The van der Waals surface area contributed by atoms with Gasteiger partial charge in [-0.15, -0.1) is 11.3 Å². The lowest BCUT2D eigenvalue weighted by Gasteiger charge is -2.10. The summed E-state index contributed by atoms with van der Waals surface area (Å²) in [5.74, 6) is 0. The first-order valence-electron chi connectivity index (χ1n) is 4.66. The molecule has 1 rings (SSSR count). The fourth-order valence-electron chi connectivity index (χ4n) is 1.13. The molecule has 0 fully saturated rings. The van der Waals surface area contributed by atoms with Gasteiger partial charge >= 0.3 is 0 Å². The second kappa shape index (κ2) is 6.07. The van der Waals surface area contributed by atoms with Crippen molar-refractivity contribution in [1.29, 1.82) is 0 Å². The first-order chi connectivity index (χ1) is 6.34. The molecule has 1 unspecified atom stereocenters. The lowest BCUT2D eigenvalue weighted by molar-refractivity contribution is 0.541. The van der Waals surface area contributed by atoms with Crippen molar-refractivity contribution in [2.75, 3.05) is 13.1 Å². The zero-order chi connectivity index (χ0) is 9.52. The molecular weight excluding hydrogens is 182 g/mol. The van der Waals surface area contributed by atoms with Crippen LogP contribution >= 0.6 is 11.3 Å². The minimum absolute atomic E-state index is 0.365. The van der Waals surface area contributed by atoms with Crippen molar-refractivity contribution in [2.24, 2.45) is 5.73 Å². The van der Waals surface area contributed by atoms with Gasteiger partial charge in [-0.2, -0.15) is 0 Å². The maximum absolute atomic E-state index is 5.40. The predicted molar refractivity (Wildman–Crippen MR) is 56.8 cm³/mol. The minimum atomic E-state index is 0.365. The van der Waals surface area contributed by atoms with Crippen LogP contribution in [0.2, 0.25) is 0 Å². The standard InChI is InChI=1S/C9H17N3S/c1-8(9-6-13-7-12-9)11-5-3-2-4-10/h6-8,11H,2-5,10H2,1H3. The minimum Gasteiger partial charge on any atom is -0.330 e. The van der Waals surface area contributed by atoms with E-state index in [1.54, 1.807) is 11.3 Å².